The molecule has 0 aromatic heterocycles. The van der Waals surface area contributed by atoms with Crippen LogP contribution >= 0.6 is 0 Å². The van der Waals surface area contributed by atoms with Crippen molar-refractivity contribution in [1.82, 2.24) is 10.2 Å². The summed E-state index contributed by atoms with van der Waals surface area (Å²) in [7, 11) is 0. The van der Waals surface area contributed by atoms with Gasteiger partial charge in [0.25, 0.3) is 0 Å². The Hall–Kier alpha value is -0.120. The van der Waals surface area contributed by atoms with Crippen molar-refractivity contribution in [2.24, 2.45) is 11.7 Å². The molecule has 1 aliphatic heterocycles. The van der Waals surface area contributed by atoms with Gasteiger partial charge in [-0.1, -0.05) is 0 Å². The Morgan fingerprint density at radius 3 is 2.67 bits per heavy atom. The molecular weight excluding hydrogens is 186 g/mol. The Morgan fingerprint density at radius 1 is 1.47 bits per heavy atom. The van der Waals surface area contributed by atoms with Crippen molar-refractivity contribution in [3.8, 4) is 0 Å². The van der Waals surface area contributed by atoms with Gasteiger partial charge in [0, 0.05) is 31.2 Å². The average molecular weight is 211 g/mol. The van der Waals surface area contributed by atoms with Crippen LogP contribution in [0.15, 0.2) is 0 Å². The van der Waals surface area contributed by atoms with E-state index in [0.717, 1.165) is 19.0 Å². The monoisotopic (exact) mass is 211 g/mol. The summed E-state index contributed by atoms with van der Waals surface area (Å²) in [5.74, 6) is 0.946. The molecule has 2 rings (SSSR count). The number of likely N-dealkylation sites (tertiary alicyclic amines) is 1. The van der Waals surface area contributed by atoms with E-state index in [9.17, 15) is 0 Å². The molecule has 1 saturated carbocycles. The molecule has 1 heterocycles. The predicted molar refractivity (Wildman–Crippen MR) is 63.8 cm³/mol. The molecule has 0 aromatic rings. The zero-order valence-electron chi connectivity index (χ0n) is 10.1. The standard InChI is InChI=1S/C12H25N3/c1-10(2)15-6-5-12(8-13,9-15)14-7-11-3-4-11/h10-11,14H,3-9,13H2,1-2H3. The maximum absolute atomic E-state index is 5.95. The van der Waals surface area contributed by atoms with Crippen LogP contribution in [0.1, 0.15) is 33.1 Å². The lowest BCUT2D eigenvalue weighted by Crippen LogP contribution is -2.54. The second-order valence-electron chi connectivity index (χ2n) is 5.62. The molecule has 2 aliphatic rings. The minimum atomic E-state index is 0.215. The van der Waals surface area contributed by atoms with Gasteiger partial charge in [-0.3, -0.25) is 4.90 Å². The Balaban J connectivity index is 1.85. The summed E-state index contributed by atoms with van der Waals surface area (Å²) in [5, 5.41) is 3.72. The number of hydrogen-bond acceptors (Lipinski definition) is 3. The third-order valence-corrected chi connectivity index (χ3v) is 3.97. The molecule has 0 aromatic carbocycles. The van der Waals surface area contributed by atoms with E-state index >= 15 is 0 Å². The molecule has 3 heteroatoms. The Labute approximate surface area is 93.4 Å². The zero-order valence-corrected chi connectivity index (χ0v) is 10.1. The van der Waals surface area contributed by atoms with E-state index in [1.54, 1.807) is 0 Å². The lowest BCUT2D eigenvalue weighted by Gasteiger charge is -2.30. The molecular formula is C12H25N3. The molecule has 0 bridgehead atoms. The molecule has 1 saturated heterocycles. The highest BCUT2D eigenvalue weighted by Gasteiger charge is 2.38. The van der Waals surface area contributed by atoms with Crippen LogP contribution in [0, 0.1) is 5.92 Å². The fourth-order valence-electron chi connectivity index (χ4n) is 2.41. The van der Waals surface area contributed by atoms with Gasteiger partial charge in [-0.25, -0.2) is 0 Å². The van der Waals surface area contributed by atoms with Crippen molar-refractivity contribution < 1.29 is 0 Å². The highest BCUT2D eigenvalue weighted by Crippen LogP contribution is 2.30. The Morgan fingerprint density at radius 2 is 2.20 bits per heavy atom. The first-order valence-electron chi connectivity index (χ1n) is 6.34. The van der Waals surface area contributed by atoms with E-state index < -0.39 is 0 Å². The number of nitrogens with one attached hydrogen (secondary N) is 1. The number of nitrogens with zero attached hydrogens (tertiary/aromatic N) is 1. The summed E-state index contributed by atoms with van der Waals surface area (Å²) in [5.41, 5.74) is 6.16. The molecule has 0 spiro atoms. The lowest BCUT2D eigenvalue weighted by molar-refractivity contribution is 0.240. The molecule has 3 N–H and O–H groups in total. The lowest BCUT2D eigenvalue weighted by atomic mass is 9.98. The highest BCUT2D eigenvalue weighted by molar-refractivity contribution is 4.99. The van der Waals surface area contributed by atoms with Gasteiger partial charge >= 0.3 is 0 Å². The van der Waals surface area contributed by atoms with Gasteiger partial charge in [0.15, 0.2) is 0 Å². The molecule has 1 unspecified atom stereocenters. The second kappa shape index (κ2) is 4.40. The van der Waals surface area contributed by atoms with Gasteiger partial charge in [-0.2, -0.15) is 0 Å². The molecule has 0 radical (unpaired) electrons. The second-order valence-corrected chi connectivity index (χ2v) is 5.62. The van der Waals surface area contributed by atoms with Gasteiger partial charge in [-0.05, 0) is 45.6 Å². The largest absolute Gasteiger partial charge is 0.329 e. The average Bonchev–Trinajstić information content (AvgIpc) is 2.95. The summed E-state index contributed by atoms with van der Waals surface area (Å²) in [6, 6.07) is 0.654. The van der Waals surface area contributed by atoms with E-state index in [2.05, 4.69) is 24.1 Å². The molecule has 1 atom stereocenters. The van der Waals surface area contributed by atoms with Crippen molar-refractivity contribution >= 4 is 0 Å². The molecule has 2 fully saturated rings. The van der Waals surface area contributed by atoms with Crippen LogP contribution in [0.3, 0.4) is 0 Å². The van der Waals surface area contributed by atoms with Crippen LogP contribution < -0.4 is 11.1 Å². The van der Waals surface area contributed by atoms with Gasteiger partial charge in [0.2, 0.25) is 0 Å². The quantitative estimate of drug-likeness (QED) is 0.707. The molecule has 88 valence electrons. The molecule has 15 heavy (non-hydrogen) atoms. The minimum absolute atomic E-state index is 0.215. The maximum atomic E-state index is 5.95. The summed E-state index contributed by atoms with van der Waals surface area (Å²) in [4.78, 5) is 2.53. The van der Waals surface area contributed by atoms with Crippen molar-refractivity contribution in [1.29, 1.82) is 0 Å². The summed E-state index contributed by atoms with van der Waals surface area (Å²) in [6.45, 7) is 8.84. The van der Waals surface area contributed by atoms with E-state index in [1.807, 2.05) is 0 Å². The summed E-state index contributed by atoms with van der Waals surface area (Å²) in [6.07, 6.45) is 4.05. The van der Waals surface area contributed by atoms with Gasteiger partial charge in [0.1, 0.15) is 0 Å². The fourth-order valence-corrected chi connectivity index (χ4v) is 2.41. The third kappa shape index (κ3) is 2.71. The van der Waals surface area contributed by atoms with E-state index in [0.29, 0.717) is 6.04 Å². The van der Waals surface area contributed by atoms with Gasteiger partial charge < -0.3 is 11.1 Å². The van der Waals surface area contributed by atoms with E-state index in [4.69, 9.17) is 5.73 Å². The summed E-state index contributed by atoms with van der Waals surface area (Å²) >= 11 is 0. The van der Waals surface area contributed by atoms with Crippen LogP contribution in [0.4, 0.5) is 0 Å². The molecule has 1 aliphatic carbocycles. The van der Waals surface area contributed by atoms with Gasteiger partial charge in [-0.15, -0.1) is 0 Å². The maximum Gasteiger partial charge on any atom is 0.0445 e. The first kappa shape index (κ1) is 11.4. The third-order valence-electron chi connectivity index (χ3n) is 3.97. The normalized spacial score (nSPS) is 32.8. The topological polar surface area (TPSA) is 41.3 Å². The highest BCUT2D eigenvalue weighted by atomic mass is 15.2. The fraction of sp³-hybridized carbons (Fsp3) is 1.00. The van der Waals surface area contributed by atoms with Crippen molar-refractivity contribution in [3.63, 3.8) is 0 Å². The molecule has 3 nitrogen and oxygen atoms in total. The van der Waals surface area contributed by atoms with Crippen LogP contribution in [0.5, 0.6) is 0 Å². The van der Waals surface area contributed by atoms with Crippen LogP contribution in [-0.4, -0.2) is 42.7 Å². The minimum Gasteiger partial charge on any atom is -0.329 e. The van der Waals surface area contributed by atoms with Gasteiger partial charge in [0.05, 0.1) is 0 Å². The summed E-state index contributed by atoms with van der Waals surface area (Å²) < 4.78 is 0. The zero-order chi connectivity index (χ0) is 10.9. The SMILES string of the molecule is CC(C)N1CCC(CN)(NCC2CC2)C1. The Bertz CT molecular complexity index is 213. The van der Waals surface area contributed by atoms with Crippen molar-refractivity contribution in [2.45, 2.75) is 44.7 Å². The number of nitrogens with two attached hydrogens (primary N) is 1. The predicted octanol–water partition coefficient (Wildman–Crippen LogP) is 0.798. The first-order valence-corrected chi connectivity index (χ1v) is 6.34. The van der Waals surface area contributed by atoms with E-state index in [-0.39, 0.29) is 5.54 Å². The molecule has 0 amide bonds. The van der Waals surface area contributed by atoms with Crippen LogP contribution in [-0.2, 0) is 0 Å². The van der Waals surface area contributed by atoms with E-state index in [1.165, 1.54) is 32.4 Å². The van der Waals surface area contributed by atoms with Crippen LogP contribution in [0.25, 0.3) is 0 Å². The van der Waals surface area contributed by atoms with Crippen molar-refractivity contribution in [2.75, 3.05) is 26.2 Å². The Kier molecular flexibility index (Phi) is 3.33. The van der Waals surface area contributed by atoms with Crippen molar-refractivity contribution in [3.05, 3.63) is 0 Å². The smallest absolute Gasteiger partial charge is 0.0445 e. The number of rotatable bonds is 5. The first-order chi connectivity index (χ1) is 7.15. The van der Waals surface area contributed by atoms with Crippen LogP contribution in [0.2, 0.25) is 0 Å². The number of hydrogen-bond donors (Lipinski definition) is 2.